The minimum atomic E-state index is -0.259. The molecule has 2 amide bonds. The summed E-state index contributed by atoms with van der Waals surface area (Å²) in [5, 5.41) is 6.36. The number of hydrogen-bond donors (Lipinski definition) is 2. The highest BCUT2D eigenvalue weighted by molar-refractivity contribution is 7.80. The molecule has 0 spiro atoms. The van der Waals surface area contributed by atoms with E-state index in [0.717, 1.165) is 11.1 Å². The van der Waals surface area contributed by atoms with Gasteiger partial charge in [0.15, 0.2) is 5.11 Å². The summed E-state index contributed by atoms with van der Waals surface area (Å²) in [4.78, 5) is 26.9. The van der Waals surface area contributed by atoms with Crippen molar-refractivity contribution in [2.75, 3.05) is 12.4 Å². The van der Waals surface area contributed by atoms with Crippen molar-refractivity contribution >= 4 is 46.4 Å². The van der Waals surface area contributed by atoms with Gasteiger partial charge in [-0.3, -0.25) is 9.59 Å². The van der Waals surface area contributed by atoms with E-state index in [4.69, 9.17) is 23.8 Å². The van der Waals surface area contributed by atoms with Crippen LogP contribution in [0, 0.1) is 0 Å². The molecule has 3 rings (SSSR count). The zero-order chi connectivity index (χ0) is 22.2. The molecule has 0 aliphatic carbocycles. The van der Waals surface area contributed by atoms with Crippen LogP contribution in [0.2, 0.25) is 5.02 Å². The number of benzene rings is 3. The largest absolute Gasteiger partial charge is 0.337 e. The average molecular weight is 452 g/mol. The van der Waals surface area contributed by atoms with E-state index in [2.05, 4.69) is 10.6 Å². The van der Waals surface area contributed by atoms with Gasteiger partial charge in [-0.05, 0) is 47.6 Å². The van der Waals surface area contributed by atoms with Crippen LogP contribution in [-0.2, 0) is 17.8 Å². The molecule has 2 N–H and O–H groups in total. The number of thiocarbonyl (C=S) groups is 1. The van der Waals surface area contributed by atoms with Crippen LogP contribution in [0.1, 0.15) is 21.5 Å². The van der Waals surface area contributed by atoms with E-state index >= 15 is 0 Å². The van der Waals surface area contributed by atoms with Crippen molar-refractivity contribution in [2.45, 2.75) is 13.0 Å². The predicted octanol–water partition coefficient (Wildman–Crippen LogP) is 4.67. The van der Waals surface area contributed by atoms with Crippen LogP contribution in [0.15, 0.2) is 78.9 Å². The molecule has 3 aromatic rings. The van der Waals surface area contributed by atoms with Crippen molar-refractivity contribution in [3.8, 4) is 0 Å². The van der Waals surface area contributed by atoms with Crippen LogP contribution in [0.3, 0.4) is 0 Å². The summed E-state index contributed by atoms with van der Waals surface area (Å²) < 4.78 is 0. The summed E-state index contributed by atoms with van der Waals surface area (Å²) in [6, 6.07) is 23.9. The molecule has 0 atom stereocenters. The van der Waals surface area contributed by atoms with E-state index < -0.39 is 0 Å². The monoisotopic (exact) mass is 451 g/mol. The molecular weight excluding hydrogens is 430 g/mol. The maximum absolute atomic E-state index is 13.0. The summed E-state index contributed by atoms with van der Waals surface area (Å²) in [5.74, 6) is -0.410. The molecule has 0 saturated heterocycles. The molecular formula is C24H22ClN3O2S. The van der Waals surface area contributed by atoms with Gasteiger partial charge in [0.25, 0.3) is 5.91 Å². The minimum absolute atomic E-state index is 0.130. The van der Waals surface area contributed by atoms with Crippen molar-refractivity contribution in [3.05, 3.63) is 101 Å². The van der Waals surface area contributed by atoms with Crippen LogP contribution in [0.25, 0.3) is 0 Å². The number of para-hydroxylation sites is 1. The fourth-order valence-corrected chi connectivity index (χ4v) is 3.38. The quantitative estimate of drug-likeness (QED) is 0.535. The molecule has 0 bridgehead atoms. The van der Waals surface area contributed by atoms with E-state index in [1.165, 1.54) is 0 Å². The van der Waals surface area contributed by atoms with Gasteiger partial charge in [0.2, 0.25) is 5.91 Å². The van der Waals surface area contributed by atoms with Crippen molar-refractivity contribution in [1.82, 2.24) is 10.2 Å². The Kier molecular flexibility index (Phi) is 7.76. The van der Waals surface area contributed by atoms with Crippen LogP contribution in [-0.4, -0.2) is 28.9 Å². The highest BCUT2D eigenvalue weighted by Crippen LogP contribution is 2.18. The molecule has 0 aliphatic heterocycles. The number of carbonyl (C=O) groups is 2. The first-order chi connectivity index (χ1) is 14.9. The number of nitrogens with one attached hydrogen (secondary N) is 2. The maximum Gasteiger partial charge on any atom is 0.256 e. The average Bonchev–Trinajstić information content (AvgIpc) is 2.76. The molecule has 7 heteroatoms. The third-order valence-corrected chi connectivity index (χ3v) is 5.00. The SMILES string of the molecule is CN(Cc1ccccc1)C(=O)c1ccccc1NC(=S)NC(=O)Cc1ccc(Cl)cc1. The molecule has 0 fully saturated rings. The lowest BCUT2D eigenvalue weighted by Crippen LogP contribution is -2.36. The Morgan fingerprint density at radius 3 is 2.26 bits per heavy atom. The first-order valence-electron chi connectivity index (χ1n) is 9.66. The zero-order valence-electron chi connectivity index (χ0n) is 17.0. The number of halogens is 1. The Morgan fingerprint density at radius 2 is 1.55 bits per heavy atom. The Labute approximate surface area is 192 Å². The molecule has 0 unspecified atom stereocenters. The standard InChI is InChI=1S/C24H22ClN3O2S/c1-28(16-18-7-3-2-4-8-18)23(30)20-9-5-6-10-21(20)26-24(31)27-22(29)15-17-11-13-19(25)14-12-17/h2-14H,15-16H2,1H3,(H2,26,27,29,31). The molecule has 31 heavy (non-hydrogen) atoms. The molecule has 0 saturated carbocycles. The lowest BCUT2D eigenvalue weighted by Gasteiger charge is -2.20. The van der Waals surface area contributed by atoms with Gasteiger partial charge >= 0.3 is 0 Å². The molecule has 0 heterocycles. The first kappa shape index (κ1) is 22.5. The van der Waals surface area contributed by atoms with Crippen molar-refractivity contribution in [3.63, 3.8) is 0 Å². The second kappa shape index (κ2) is 10.7. The molecule has 5 nitrogen and oxygen atoms in total. The second-order valence-corrected chi connectivity index (χ2v) is 7.84. The van der Waals surface area contributed by atoms with E-state index in [1.807, 2.05) is 30.3 Å². The number of hydrogen-bond acceptors (Lipinski definition) is 3. The molecule has 0 radical (unpaired) electrons. The lowest BCUT2D eigenvalue weighted by molar-refractivity contribution is -0.119. The summed E-state index contributed by atoms with van der Waals surface area (Å²) >= 11 is 11.1. The number of rotatable bonds is 6. The topological polar surface area (TPSA) is 61.4 Å². The van der Waals surface area contributed by atoms with Gasteiger partial charge in [-0.1, -0.05) is 66.2 Å². The van der Waals surface area contributed by atoms with E-state index in [-0.39, 0.29) is 23.3 Å². The summed E-state index contributed by atoms with van der Waals surface area (Å²) in [7, 11) is 1.75. The number of nitrogens with zero attached hydrogens (tertiary/aromatic N) is 1. The summed E-state index contributed by atoms with van der Waals surface area (Å²) in [5.41, 5.74) is 2.86. The van der Waals surface area contributed by atoms with Gasteiger partial charge in [-0.15, -0.1) is 0 Å². The molecule has 0 aliphatic rings. The van der Waals surface area contributed by atoms with Gasteiger partial charge in [-0.2, -0.15) is 0 Å². The zero-order valence-corrected chi connectivity index (χ0v) is 18.5. The van der Waals surface area contributed by atoms with Crippen LogP contribution < -0.4 is 10.6 Å². The van der Waals surface area contributed by atoms with Crippen LogP contribution in [0.5, 0.6) is 0 Å². The third kappa shape index (κ3) is 6.64. The van der Waals surface area contributed by atoms with E-state index in [9.17, 15) is 9.59 Å². The number of carbonyl (C=O) groups excluding carboxylic acids is 2. The van der Waals surface area contributed by atoms with Gasteiger partial charge in [-0.25, -0.2) is 0 Å². The van der Waals surface area contributed by atoms with Crippen molar-refractivity contribution < 1.29 is 9.59 Å². The Bertz CT molecular complexity index is 1070. The fraction of sp³-hybridized carbons (Fsp3) is 0.125. The first-order valence-corrected chi connectivity index (χ1v) is 10.4. The van der Waals surface area contributed by atoms with Crippen LogP contribution in [0.4, 0.5) is 5.69 Å². The van der Waals surface area contributed by atoms with E-state index in [1.54, 1.807) is 60.5 Å². The summed E-state index contributed by atoms with van der Waals surface area (Å²) in [6.45, 7) is 0.482. The Morgan fingerprint density at radius 1 is 0.903 bits per heavy atom. The van der Waals surface area contributed by atoms with Gasteiger partial charge < -0.3 is 15.5 Å². The minimum Gasteiger partial charge on any atom is -0.337 e. The fourth-order valence-electron chi connectivity index (χ4n) is 3.03. The number of anilines is 1. The van der Waals surface area contributed by atoms with Crippen molar-refractivity contribution in [2.24, 2.45) is 0 Å². The molecule has 0 aromatic heterocycles. The van der Waals surface area contributed by atoms with Crippen LogP contribution >= 0.6 is 23.8 Å². The van der Waals surface area contributed by atoms with Gasteiger partial charge in [0, 0.05) is 18.6 Å². The Hall–Kier alpha value is -3.22. The Balaban J connectivity index is 1.62. The molecule has 3 aromatic carbocycles. The lowest BCUT2D eigenvalue weighted by atomic mass is 10.1. The third-order valence-electron chi connectivity index (χ3n) is 4.55. The highest BCUT2D eigenvalue weighted by atomic mass is 35.5. The summed E-state index contributed by atoms with van der Waals surface area (Å²) in [6.07, 6.45) is 0.166. The molecule has 158 valence electrons. The second-order valence-electron chi connectivity index (χ2n) is 7.00. The highest BCUT2D eigenvalue weighted by Gasteiger charge is 2.17. The number of amides is 2. The maximum atomic E-state index is 13.0. The van der Waals surface area contributed by atoms with Gasteiger partial charge in [0.05, 0.1) is 17.7 Å². The van der Waals surface area contributed by atoms with E-state index in [0.29, 0.717) is 22.8 Å². The smallest absolute Gasteiger partial charge is 0.256 e. The predicted molar refractivity (Wildman–Crippen MR) is 128 cm³/mol. The van der Waals surface area contributed by atoms with Gasteiger partial charge in [0.1, 0.15) is 0 Å². The van der Waals surface area contributed by atoms with Crippen molar-refractivity contribution in [1.29, 1.82) is 0 Å². The normalized spacial score (nSPS) is 10.3.